The number of H-pyrrole nitrogens is 2. The van der Waals surface area contributed by atoms with Crippen LogP contribution >= 0.6 is 11.6 Å². The van der Waals surface area contributed by atoms with Gasteiger partial charge in [-0.05, 0) is 24.3 Å². The molecule has 142 valence electrons. The molecule has 0 aliphatic rings. The summed E-state index contributed by atoms with van der Waals surface area (Å²) in [6.45, 7) is 0. The zero-order valence-electron chi connectivity index (χ0n) is 14.7. The monoisotopic (exact) mass is 407 g/mol. The van der Waals surface area contributed by atoms with Gasteiger partial charge in [0.05, 0.1) is 34.5 Å². The molecule has 0 bridgehead atoms. The number of hydrogen-bond donors (Lipinski definition) is 2. The molecule has 0 amide bonds. The number of hydrogen-bond acceptors (Lipinski definition) is 3. The summed E-state index contributed by atoms with van der Waals surface area (Å²) < 4.78 is 27.9. The van der Waals surface area contributed by atoms with Crippen LogP contribution in [0.1, 0.15) is 0 Å². The highest BCUT2D eigenvalue weighted by molar-refractivity contribution is 6.31. The van der Waals surface area contributed by atoms with E-state index >= 15 is 0 Å². The van der Waals surface area contributed by atoms with E-state index in [0.29, 0.717) is 11.4 Å². The second kappa shape index (κ2) is 6.79. The average molecular weight is 408 g/mol. The SMILES string of the molecule is Fc1cc(F)c(-c2[nH]cnc2-c2ccc3ncc(-c4cn[nH]c4)cc3c2)cc1Cl. The van der Waals surface area contributed by atoms with Crippen LogP contribution in [0.2, 0.25) is 5.02 Å². The predicted octanol–water partition coefficient (Wildman–Crippen LogP) is 5.61. The minimum atomic E-state index is -0.808. The van der Waals surface area contributed by atoms with Crippen molar-refractivity contribution in [2.45, 2.75) is 0 Å². The highest BCUT2D eigenvalue weighted by Gasteiger charge is 2.17. The summed E-state index contributed by atoms with van der Waals surface area (Å²) in [5, 5.41) is 7.49. The van der Waals surface area contributed by atoms with E-state index in [1.54, 1.807) is 18.6 Å². The van der Waals surface area contributed by atoms with Crippen molar-refractivity contribution in [1.29, 1.82) is 0 Å². The minimum Gasteiger partial charge on any atom is -0.344 e. The largest absolute Gasteiger partial charge is 0.344 e. The molecule has 3 heterocycles. The lowest BCUT2D eigenvalue weighted by Crippen LogP contribution is -1.91. The molecule has 0 saturated carbocycles. The van der Waals surface area contributed by atoms with Crippen molar-refractivity contribution in [2.24, 2.45) is 0 Å². The number of aromatic amines is 2. The molecular formula is C21H12ClF2N5. The van der Waals surface area contributed by atoms with Crippen molar-refractivity contribution in [3.63, 3.8) is 0 Å². The molecular weight excluding hydrogens is 396 g/mol. The zero-order chi connectivity index (χ0) is 20.0. The van der Waals surface area contributed by atoms with Crippen molar-refractivity contribution in [3.05, 3.63) is 78.0 Å². The molecule has 29 heavy (non-hydrogen) atoms. The fourth-order valence-electron chi connectivity index (χ4n) is 3.28. The molecule has 2 aromatic carbocycles. The summed E-state index contributed by atoms with van der Waals surface area (Å²) in [5.74, 6) is -1.53. The Kier molecular flexibility index (Phi) is 4.10. The summed E-state index contributed by atoms with van der Waals surface area (Å²) in [6, 6.07) is 9.67. The molecule has 0 radical (unpaired) electrons. The predicted molar refractivity (Wildman–Crippen MR) is 107 cm³/mol. The third-order valence-corrected chi connectivity index (χ3v) is 4.99. The van der Waals surface area contributed by atoms with Crippen molar-refractivity contribution in [3.8, 4) is 33.6 Å². The van der Waals surface area contributed by atoms with Gasteiger partial charge in [0.15, 0.2) is 0 Å². The maximum absolute atomic E-state index is 14.4. The van der Waals surface area contributed by atoms with Crippen LogP contribution < -0.4 is 0 Å². The first-order valence-corrected chi connectivity index (χ1v) is 9.05. The van der Waals surface area contributed by atoms with Crippen LogP contribution in [-0.2, 0) is 0 Å². The van der Waals surface area contributed by atoms with E-state index in [9.17, 15) is 8.78 Å². The summed E-state index contributed by atoms with van der Waals surface area (Å²) in [5.41, 5.74) is 4.52. The number of rotatable bonds is 3. The van der Waals surface area contributed by atoms with Gasteiger partial charge in [-0.1, -0.05) is 17.7 Å². The third kappa shape index (κ3) is 3.05. The fraction of sp³-hybridized carbons (Fsp3) is 0. The van der Waals surface area contributed by atoms with Crippen LogP contribution in [0, 0.1) is 11.6 Å². The zero-order valence-corrected chi connectivity index (χ0v) is 15.5. The molecule has 5 rings (SSSR count). The number of pyridine rings is 1. The van der Waals surface area contributed by atoms with Gasteiger partial charge in [0.25, 0.3) is 0 Å². The van der Waals surface area contributed by atoms with E-state index in [4.69, 9.17) is 11.6 Å². The van der Waals surface area contributed by atoms with E-state index in [0.717, 1.165) is 33.7 Å². The number of imidazole rings is 1. The number of benzene rings is 2. The molecule has 5 aromatic rings. The van der Waals surface area contributed by atoms with Gasteiger partial charge in [-0.3, -0.25) is 10.1 Å². The summed E-state index contributed by atoms with van der Waals surface area (Å²) in [7, 11) is 0. The van der Waals surface area contributed by atoms with Gasteiger partial charge in [-0.25, -0.2) is 13.8 Å². The van der Waals surface area contributed by atoms with Gasteiger partial charge < -0.3 is 4.98 Å². The second-order valence-corrected chi connectivity index (χ2v) is 6.90. The smallest absolute Gasteiger partial charge is 0.144 e. The first-order valence-electron chi connectivity index (χ1n) is 8.68. The molecule has 0 fully saturated rings. The fourth-order valence-corrected chi connectivity index (χ4v) is 3.44. The van der Waals surface area contributed by atoms with Crippen LogP contribution in [0.15, 0.2) is 61.3 Å². The molecule has 0 aliphatic carbocycles. The van der Waals surface area contributed by atoms with Gasteiger partial charge in [0.1, 0.15) is 11.6 Å². The quantitative estimate of drug-likeness (QED) is 0.382. The van der Waals surface area contributed by atoms with Crippen LogP contribution in [-0.4, -0.2) is 25.1 Å². The van der Waals surface area contributed by atoms with E-state index in [2.05, 4.69) is 25.1 Å². The Balaban J connectivity index is 1.64. The first kappa shape index (κ1) is 17.5. The molecule has 0 saturated heterocycles. The maximum Gasteiger partial charge on any atom is 0.144 e. The first-order chi connectivity index (χ1) is 14.1. The Labute approximate surface area is 168 Å². The van der Waals surface area contributed by atoms with Gasteiger partial charge in [-0.15, -0.1) is 0 Å². The van der Waals surface area contributed by atoms with Crippen LogP contribution in [0.4, 0.5) is 8.78 Å². The molecule has 0 spiro atoms. The third-order valence-electron chi connectivity index (χ3n) is 4.70. The standard InChI is InChI=1S/C21H12ClF2N5/c22-16-5-15(17(23)6-18(16)24)21-20(26-10-27-21)11-1-2-19-12(3-11)4-13(7-25-19)14-8-28-29-9-14/h1-10H,(H,26,27)(H,28,29). The van der Waals surface area contributed by atoms with Gasteiger partial charge in [0, 0.05) is 46.1 Å². The molecule has 3 aromatic heterocycles. The lowest BCUT2D eigenvalue weighted by Gasteiger charge is -2.08. The van der Waals surface area contributed by atoms with Crippen LogP contribution in [0.25, 0.3) is 44.5 Å². The molecule has 0 atom stereocenters. The van der Waals surface area contributed by atoms with Crippen molar-refractivity contribution in [1.82, 2.24) is 25.1 Å². The number of nitrogens with zero attached hydrogens (tertiary/aromatic N) is 3. The Morgan fingerprint density at radius 1 is 0.862 bits per heavy atom. The highest BCUT2D eigenvalue weighted by Crippen LogP contribution is 2.34. The van der Waals surface area contributed by atoms with Crippen molar-refractivity contribution < 1.29 is 8.78 Å². The minimum absolute atomic E-state index is 0.147. The highest BCUT2D eigenvalue weighted by atomic mass is 35.5. The van der Waals surface area contributed by atoms with Gasteiger partial charge >= 0.3 is 0 Å². The molecule has 8 heteroatoms. The van der Waals surface area contributed by atoms with Gasteiger partial charge in [-0.2, -0.15) is 5.10 Å². The molecule has 0 aliphatic heterocycles. The van der Waals surface area contributed by atoms with E-state index in [1.165, 1.54) is 12.4 Å². The summed E-state index contributed by atoms with van der Waals surface area (Å²) in [4.78, 5) is 11.8. The lowest BCUT2D eigenvalue weighted by molar-refractivity contribution is 0.585. The van der Waals surface area contributed by atoms with Crippen molar-refractivity contribution >= 4 is 22.5 Å². The van der Waals surface area contributed by atoms with Crippen LogP contribution in [0.3, 0.4) is 0 Å². The molecule has 5 nitrogen and oxygen atoms in total. The Hall–Kier alpha value is -3.58. The Morgan fingerprint density at radius 3 is 2.55 bits per heavy atom. The molecule has 0 unspecified atom stereocenters. The summed E-state index contributed by atoms with van der Waals surface area (Å²) >= 11 is 5.85. The van der Waals surface area contributed by atoms with E-state index in [-0.39, 0.29) is 10.6 Å². The maximum atomic E-state index is 14.4. The average Bonchev–Trinajstić information content (AvgIpc) is 3.42. The second-order valence-electron chi connectivity index (χ2n) is 6.49. The van der Waals surface area contributed by atoms with Crippen molar-refractivity contribution in [2.75, 3.05) is 0 Å². The van der Waals surface area contributed by atoms with Crippen LogP contribution in [0.5, 0.6) is 0 Å². The number of halogens is 3. The number of aromatic nitrogens is 5. The topological polar surface area (TPSA) is 70.2 Å². The van der Waals surface area contributed by atoms with E-state index < -0.39 is 11.6 Å². The normalized spacial score (nSPS) is 11.3. The van der Waals surface area contributed by atoms with E-state index in [1.807, 2.05) is 24.3 Å². The Bertz CT molecular complexity index is 1340. The van der Waals surface area contributed by atoms with Gasteiger partial charge in [0.2, 0.25) is 0 Å². The number of fused-ring (bicyclic) bond motifs is 1. The number of nitrogens with one attached hydrogen (secondary N) is 2. The lowest BCUT2D eigenvalue weighted by atomic mass is 10.0. The Morgan fingerprint density at radius 2 is 1.72 bits per heavy atom. The molecule has 2 N–H and O–H groups in total. The summed E-state index contributed by atoms with van der Waals surface area (Å²) in [6.07, 6.45) is 6.76.